The molecule has 0 unspecified atom stereocenters. The molecule has 0 heterocycles. The van der Waals surface area contributed by atoms with Crippen LogP contribution in [0.15, 0.2) is 46.9 Å². The van der Waals surface area contributed by atoms with Crippen LogP contribution in [-0.4, -0.2) is 13.0 Å². The first-order valence-electron chi connectivity index (χ1n) is 6.27. The summed E-state index contributed by atoms with van der Waals surface area (Å²) in [7, 11) is 1.63. The van der Waals surface area contributed by atoms with Gasteiger partial charge in [0.05, 0.1) is 12.7 Å². The Morgan fingerprint density at radius 1 is 1.25 bits per heavy atom. The van der Waals surface area contributed by atoms with Crippen molar-refractivity contribution in [2.75, 3.05) is 7.11 Å². The van der Waals surface area contributed by atoms with E-state index in [-0.39, 0.29) is 5.91 Å². The highest BCUT2D eigenvalue weighted by Gasteiger charge is 2.09. The third-order valence-electron chi connectivity index (χ3n) is 2.96. The number of aryl methyl sites for hydroxylation is 1. The van der Waals surface area contributed by atoms with Crippen molar-refractivity contribution < 1.29 is 9.53 Å². The SMILES string of the molecule is COc1cccc(CNC(=O)c2ccc(C)cc2Br)c1. The molecule has 0 saturated heterocycles. The van der Waals surface area contributed by atoms with Crippen LogP contribution in [0.1, 0.15) is 21.5 Å². The van der Waals surface area contributed by atoms with Crippen molar-refractivity contribution in [2.24, 2.45) is 0 Å². The summed E-state index contributed by atoms with van der Waals surface area (Å²) in [5.74, 6) is 0.688. The summed E-state index contributed by atoms with van der Waals surface area (Å²) in [5.41, 5.74) is 2.75. The van der Waals surface area contributed by atoms with Crippen LogP contribution in [0, 0.1) is 6.92 Å². The number of hydrogen-bond acceptors (Lipinski definition) is 2. The highest BCUT2D eigenvalue weighted by atomic mass is 79.9. The van der Waals surface area contributed by atoms with Crippen molar-refractivity contribution in [1.82, 2.24) is 5.32 Å². The molecular weight excluding hydrogens is 318 g/mol. The van der Waals surface area contributed by atoms with E-state index < -0.39 is 0 Å². The first kappa shape index (κ1) is 14.6. The maximum Gasteiger partial charge on any atom is 0.252 e. The molecule has 1 N–H and O–H groups in total. The van der Waals surface area contributed by atoms with Gasteiger partial charge in [0.25, 0.3) is 5.91 Å². The molecule has 0 radical (unpaired) electrons. The van der Waals surface area contributed by atoms with Crippen LogP contribution < -0.4 is 10.1 Å². The third-order valence-corrected chi connectivity index (χ3v) is 3.61. The van der Waals surface area contributed by atoms with E-state index in [4.69, 9.17) is 4.74 Å². The zero-order chi connectivity index (χ0) is 14.5. The first-order valence-corrected chi connectivity index (χ1v) is 7.06. The molecule has 104 valence electrons. The van der Waals surface area contributed by atoms with Gasteiger partial charge in [0.2, 0.25) is 0 Å². The van der Waals surface area contributed by atoms with Gasteiger partial charge in [-0.15, -0.1) is 0 Å². The van der Waals surface area contributed by atoms with Crippen LogP contribution in [0.25, 0.3) is 0 Å². The number of halogens is 1. The fourth-order valence-electron chi connectivity index (χ4n) is 1.86. The molecule has 2 aromatic carbocycles. The topological polar surface area (TPSA) is 38.3 Å². The van der Waals surface area contributed by atoms with Crippen molar-refractivity contribution in [3.05, 3.63) is 63.6 Å². The molecule has 0 aliphatic rings. The Bertz CT molecular complexity index is 626. The van der Waals surface area contributed by atoms with Gasteiger partial charge in [-0.05, 0) is 58.2 Å². The molecular formula is C16H16BrNO2. The van der Waals surface area contributed by atoms with Gasteiger partial charge in [-0.3, -0.25) is 4.79 Å². The third kappa shape index (κ3) is 3.61. The molecule has 3 nitrogen and oxygen atoms in total. The van der Waals surface area contributed by atoms with Gasteiger partial charge in [0.15, 0.2) is 0 Å². The highest BCUT2D eigenvalue weighted by Crippen LogP contribution is 2.18. The summed E-state index contributed by atoms with van der Waals surface area (Å²) in [5, 5.41) is 2.90. The van der Waals surface area contributed by atoms with Crippen LogP contribution in [0.5, 0.6) is 5.75 Å². The van der Waals surface area contributed by atoms with E-state index in [1.807, 2.05) is 49.4 Å². The Kier molecular flexibility index (Phi) is 4.79. The van der Waals surface area contributed by atoms with Crippen LogP contribution in [0.2, 0.25) is 0 Å². The molecule has 4 heteroatoms. The molecule has 0 atom stereocenters. The Balaban J connectivity index is 2.04. The fraction of sp³-hybridized carbons (Fsp3) is 0.188. The standard InChI is InChI=1S/C16H16BrNO2/c1-11-6-7-14(15(17)8-11)16(19)18-10-12-4-3-5-13(9-12)20-2/h3-9H,10H2,1-2H3,(H,18,19). The van der Waals surface area contributed by atoms with Crippen LogP contribution in [0.4, 0.5) is 0 Å². The zero-order valence-corrected chi connectivity index (χ0v) is 13.0. The summed E-state index contributed by atoms with van der Waals surface area (Å²) in [6.45, 7) is 2.46. The highest BCUT2D eigenvalue weighted by molar-refractivity contribution is 9.10. The van der Waals surface area contributed by atoms with E-state index in [2.05, 4.69) is 21.2 Å². The number of hydrogen-bond donors (Lipinski definition) is 1. The van der Waals surface area contributed by atoms with Crippen LogP contribution in [0.3, 0.4) is 0 Å². The lowest BCUT2D eigenvalue weighted by atomic mass is 10.1. The van der Waals surface area contributed by atoms with Gasteiger partial charge >= 0.3 is 0 Å². The molecule has 1 amide bonds. The molecule has 0 saturated carbocycles. The van der Waals surface area contributed by atoms with Gasteiger partial charge in [-0.25, -0.2) is 0 Å². The van der Waals surface area contributed by atoms with E-state index in [1.165, 1.54) is 0 Å². The Hall–Kier alpha value is -1.81. The number of benzene rings is 2. The molecule has 0 aromatic heterocycles. The Morgan fingerprint density at radius 3 is 2.75 bits per heavy atom. The van der Waals surface area contributed by atoms with Crippen molar-refractivity contribution in [2.45, 2.75) is 13.5 Å². The largest absolute Gasteiger partial charge is 0.497 e. The van der Waals surface area contributed by atoms with E-state index >= 15 is 0 Å². The maximum atomic E-state index is 12.1. The van der Waals surface area contributed by atoms with Crippen LogP contribution >= 0.6 is 15.9 Å². The molecule has 0 aliphatic heterocycles. The average molecular weight is 334 g/mol. The molecule has 0 fully saturated rings. The number of amides is 1. The van der Waals surface area contributed by atoms with Gasteiger partial charge in [-0.1, -0.05) is 18.2 Å². The lowest BCUT2D eigenvalue weighted by Gasteiger charge is -2.08. The first-order chi connectivity index (χ1) is 9.60. The number of rotatable bonds is 4. The minimum atomic E-state index is -0.0975. The molecule has 0 bridgehead atoms. The van der Waals surface area contributed by atoms with Crippen molar-refractivity contribution >= 4 is 21.8 Å². The monoisotopic (exact) mass is 333 g/mol. The summed E-state index contributed by atoms with van der Waals surface area (Å²) in [6.07, 6.45) is 0. The molecule has 0 spiro atoms. The Labute approximate surface area is 127 Å². The minimum Gasteiger partial charge on any atom is -0.497 e. The van der Waals surface area contributed by atoms with Gasteiger partial charge in [0, 0.05) is 11.0 Å². The summed E-state index contributed by atoms with van der Waals surface area (Å²) in [6, 6.07) is 13.3. The second kappa shape index (κ2) is 6.57. The summed E-state index contributed by atoms with van der Waals surface area (Å²) in [4.78, 5) is 12.1. The molecule has 20 heavy (non-hydrogen) atoms. The van der Waals surface area contributed by atoms with E-state index in [1.54, 1.807) is 7.11 Å². The van der Waals surface area contributed by atoms with Crippen molar-refractivity contribution in [3.8, 4) is 5.75 Å². The molecule has 2 rings (SSSR count). The number of carbonyl (C=O) groups is 1. The number of carbonyl (C=O) groups excluding carboxylic acids is 1. The maximum absolute atomic E-state index is 12.1. The predicted molar refractivity (Wildman–Crippen MR) is 83.0 cm³/mol. The lowest BCUT2D eigenvalue weighted by molar-refractivity contribution is 0.0950. The lowest BCUT2D eigenvalue weighted by Crippen LogP contribution is -2.23. The quantitative estimate of drug-likeness (QED) is 0.926. The normalized spacial score (nSPS) is 10.2. The van der Waals surface area contributed by atoms with Gasteiger partial charge in [0.1, 0.15) is 5.75 Å². The van der Waals surface area contributed by atoms with Gasteiger partial charge < -0.3 is 10.1 Å². The average Bonchev–Trinajstić information content (AvgIpc) is 2.45. The van der Waals surface area contributed by atoms with Crippen molar-refractivity contribution in [3.63, 3.8) is 0 Å². The minimum absolute atomic E-state index is 0.0975. The summed E-state index contributed by atoms with van der Waals surface area (Å²) >= 11 is 3.42. The summed E-state index contributed by atoms with van der Waals surface area (Å²) < 4.78 is 5.96. The van der Waals surface area contributed by atoms with Gasteiger partial charge in [-0.2, -0.15) is 0 Å². The van der Waals surface area contributed by atoms with E-state index in [0.29, 0.717) is 12.1 Å². The Morgan fingerprint density at radius 2 is 2.05 bits per heavy atom. The smallest absolute Gasteiger partial charge is 0.252 e. The number of ether oxygens (including phenoxy) is 1. The van der Waals surface area contributed by atoms with Crippen molar-refractivity contribution in [1.29, 1.82) is 0 Å². The van der Waals surface area contributed by atoms with Crippen LogP contribution in [-0.2, 0) is 6.54 Å². The fourth-order valence-corrected chi connectivity index (χ4v) is 2.54. The van der Waals surface area contributed by atoms with E-state index in [0.717, 1.165) is 21.3 Å². The second-order valence-corrected chi connectivity index (χ2v) is 5.37. The zero-order valence-electron chi connectivity index (χ0n) is 11.4. The molecule has 2 aromatic rings. The number of methoxy groups -OCH3 is 1. The number of nitrogens with one attached hydrogen (secondary N) is 1. The molecule has 0 aliphatic carbocycles. The second-order valence-electron chi connectivity index (χ2n) is 4.52. The predicted octanol–water partition coefficient (Wildman–Crippen LogP) is 3.70. The van der Waals surface area contributed by atoms with E-state index in [9.17, 15) is 4.79 Å².